The quantitative estimate of drug-likeness (QED) is 0.585. The third-order valence-corrected chi connectivity index (χ3v) is 6.06. The minimum atomic E-state index is -0.0452. The van der Waals surface area contributed by atoms with E-state index in [0.717, 1.165) is 50.9 Å². The smallest absolute Gasteiger partial charge is 0.289 e. The molecule has 4 rings (SSSR count). The third kappa shape index (κ3) is 4.95. The SMILES string of the molecule is CN=C(NCC1CCN(c2cccc(OC)c2)C1)N1CCN(C(=O)c2ccco2)CC1. The maximum absolute atomic E-state index is 12.4. The Morgan fingerprint density at radius 3 is 2.68 bits per heavy atom. The number of nitrogens with zero attached hydrogens (tertiary/aromatic N) is 4. The first-order valence-corrected chi connectivity index (χ1v) is 10.9. The molecule has 31 heavy (non-hydrogen) atoms. The maximum atomic E-state index is 12.4. The van der Waals surface area contributed by atoms with Crippen LogP contribution in [-0.2, 0) is 0 Å². The molecule has 1 unspecified atom stereocenters. The van der Waals surface area contributed by atoms with Gasteiger partial charge in [0.1, 0.15) is 5.75 Å². The van der Waals surface area contributed by atoms with Gasteiger partial charge in [-0.05, 0) is 36.6 Å². The van der Waals surface area contributed by atoms with Crippen LogP contribution in [0.15, 0.2) is 52.1 Å². The van der Waals surface area contributed by atoms with Gasteiger partial charge in [0.2, 0.25) is 0 Å². The number of benzene rings is 1. The monoisotopic (exact) mass is 425 g/mol. The summed E-state index contributed by atoms with van der Waals surface area (Å²) in [6, 6.07) is 11.7. The fraction of sp³-hybridized carbons (Fsp3) is 0.478. The van der Waals surface area contributed by atoms with E-state index in [1.165, 1.54) is 12.0 Å². The van der Waals surface area contributed by atoms with Gasteiger partial charge in [-0.3, -0.25) is 9.79 Å². The van der Waals surface area contributed by atoms with Crippen molar-refractivity contribution < 1.29 is 13.9 Å². The Morgan fingerprint density at radius 2 is 1.97 bits per heavy atom. The molecule has 2 aromatic rings. The highest BCUT2D eigenvalue weighted by molar-refractivity contribution is 5.91. The van der Waals surface area contributed by atoms with Crippen molar-refractivity contribution in [3.63, 3.8) is 0 Å². The molecule has 1 aromatic carbocycles. The molecule has 2 fully saturated rings. The number of carbonyl (C=O) groups excluding carboxylic acids is 1. The lowest BCUT2D eigenvalue weighted by Crippen LogP contribution is -2.54. The van der Waals surface area contributed by atoms with Crippen LogP contribution in [-0.4, -0.2) is 81.6 Å². The minimum Gasteiger partial charge on any atom is -0.497 e. The lowest BCUT2D eigenvalue weighted by Gasteiger charge is -2.36. The highest BCUT2D eigenvalue weighted by Crippen LogP contribution is 2.26. The summed E-state index contributed by atoms with van der Waals surface area (Å²) in [4.78, 5) is 23.4. The number of hydrogen-bond acceptors (Lipinski definition) is 5. The zero-order valence-electron chi connectivity index (χ0n) is 18.3. The van der Waals surface area contributed by atoms with Crippen molar-refractivity contribution >= 4 is 17.6 Å². The van der Waals surface area contributed by atoms with Crippen molar-refractivity contribution in [2.45, 2.75) is 6.42 Å². The molecule has 3 heterocycles. The van der Waals surface area contributed by atoms with E-state index in [-0.39, 0.29) is 5.91 Å². The normalized spacial score (nSPS) is 19.6. The number of amides is 1. The van der Waals surface area contributed by atoms with E-state index in [9.17, 15) is 4.79 Å². The molecule has 0 bridgehead atoms. The fourth-order valence-electron chi connectivity index (χ4n) is 4.29. The molecule has 8 heteroatoms. The topological polar surface area (TPSA) is 73.6 Å². The minimum absolute atomic E-state index is 0.0452. The Balaban J connectivity index is 1.24. The molecule has 1 aromatic heterocycles. The van der Waals surface area contributed by atoms with Crippen molar-refractivity contribution in [1.82, 2.24) is 15.1 Å². The molecule has 166 valence electrons. The lowest BCUT2D eigenvalue weighted by molar-refractivity contribution is 0.0657. The van der Waals surface area contributed by atoms with Crippen molar-refractivity contribution in [3.05, 3.63) is 48.4 Å². The Morgan fingerprint density at radius 1 is 1.16 bits per heavy atom. The van der Waals surface area contributed by atoms with Crippen LogP contribution >= 0.6 is 0 Å². The van der Waals surface area contributed by atoms with Crippen LogP contribution in [0, 0.1) is 5.92 Å². The predicted molar refractivity (Wildman–Crippen MR) is 121 cm³/mol. The molecule has 1 amide bonds. The molecule has 0 saturated carbocycles. The van der Waals surface area contributed by atoms with Crippen LogP contribution in [0.1, 0.15) is 17.0 Å². The van der Waals surface area contributed by atoms with Crippen LogP contribution in [0.4, 0.5) is 5.69 Å². The molecular weight excluding hydrogens is 394 g/mol. The highest BCUT2D eigenvalue weighted by Gasteiger charge is 2.27. The Kier molecular flexibility index (Phi) is 6.64. The molecule has 2 aliphatic heterocycles. The number of guanidine groups is 1. The summed E-state index contributed by atoms with van der Waals surface area (Å²) in [7, 11) is 3.52. The van der Waals surface area contributed by atoms with Crippen molar-refractivity contribution in [2.24, 2.45) is 10.9 Å². The Hall–Kier alpha value is -3.16. The average molecular weight is 426 g/mol. The van der Waals surface area contributed by atoms with Gasteiger partial charge < -0.3 is 29.2 Å². The van der Waals surface area contributed by atoms with Gasteiger partial charge in [-0.25, -0.2) is 0 Å². The van der Waals surface area contributed by atoms with Gasteiger partial charge in [-0.1, -0.05) is 6.07 Å². The number of methoxy groups -OCH3 is 1. The van der Waals surface area contributed by atoms with E-state index in [1.807, 2.05) is 24.1 Å². The second-order valence-corrected chi connectivity index (χ2v) is 7.99. The van der Waals surface area contributed by atoms with Gasteiger partial charge in [0.05, 0.1) is 13.4 Å². The number of rotatable bonds is 5. The van der Waals surface area contributed by atoms with E-state index in [0.29, 0.717) is 24.8 Å². The summed E-state index contributed by atoms with van der Waals surface area (Å²) in [5.41, 5.74) is 1.21. The molecule has 1 atom stereocenters. The molecule has 2 aliphatic rings. The van der Waals surface area contributed by atoms with Crippen LogP contribution < -0.4 is 15.0 Å². The Bertz CT molecular complexity index is 890. The second kappa shape index (κ2) is 9.76. The summed E-state index contributed by atoms with van der Waals surface area (Å²) in [5, 5.41) is 3.55. The van der Waals surface area contributed by atoms with Crippen molar-refractivity contribution in [1.29, 1.82) is 0 Å². The van der Waals surface area contributed by atoms with E-state index in [1.54, 1.807) is 19.2 Å². The van der Waals surface area contributed by atoms with E-state index in [2.05, 4.69) is 32.2 Å². The first-order chi connectivity index (χ1) is 15.2. The fourth-order valence-corrected chi connectivity index (χ4v) is 4.29. The molecule has 0 spiro atoms. The summed E-state index contributed by atoms with van der Waals surface area (Å²) in [5.74, 6) is 2.72. The zero-order chi connectivity index (χ0) is 21.6. The number of ether oxygens (including phenoxy) is 1. The van der Waals surface area contributed by atoms with Crippen LogP contribution in [0.25, 0.3) is 0 Å². The van der Waals surface area contributed by atoms with Crippen molar-refractivity contribution in [3.8, 4) is 5.75 Å². The molecule has 1 N–H and O–H groups in total. The summed E-state index contributed by atoms with van der Waals surface area (Å²) >= 11 is 0. The first-order valence-electron chi connectivity index (χ1n) is 10.9. The molecule has 0 radical (unpaired) electrons. The largest absolute Gasteiger partial charge is 0.497 e. The zero-order valence-corrected chi connectivity index (χ0v) is 18.3. The average Bonchev–Trinajstić information content (AvgIpc) is 3.52. The van der Waals surface area contributed by atoms with Gasteiger partial charge >= 0.3 is 0 Å². The second-order valence-electron chi connectivity index (χ2n) is 7.99. The number of hydrogen-bond donors (Lipinski definition) is 1. The van der Waals surface area contributed by atoms with Gasteiger partial charge in [0, 0.05) is 64.6 Å². The number of nitrogens with one attached hydrogen (secondary N) is 1. The standard InChI is InChI=1S/C23H31N5O3/c1-24-23(27-12-10-26(11-13-27)22(29)21-7-4-14-31-21)25-16-18-8-9-28(17-18)19-5-3-6-20(15-19)30-2/h3-7,14-15,18H,8-13,16-17H2,1-2H3,(H,24,25). The summed E-state index contributed by atoms with van der Waals surface area (Å²) in [6.45, 7) is 5.78. The summed E-state index contributed by atoms with van der Waals surface area (Å²) < 4.78 is 10.6. The molecule has 0 aliphatic carbocycles. The predicted octanol–water partition coefficient (Wildman–Crippen LogP) is 2.15. The molecule has 2 saturated heterocycles. The van der Waals surface area contributed by atoms with Crippen molar-refractivity contribution in [2.75, 3.05) is 64.9 Å². The van der Waals surface area contributed by atoms with Crippen LogP contribution in [0.2, 0.25) is 0 Å². The van der Waals surface area contributed by atoms with E-state index in [4.69, 9.17) is 9.15 Å². The number of furan rings is 1. The lowest BCUT2D eigenvalue weighted by atomic mass is 10.1. The number of carbonyl (C=O) groups is 1. The third-order valence-electron chi connectivity index (χ3n) is 6.06. The maximum Gasteiger partial charge on any atom is 0.289 e. The van der Waals surface area contributed by atoms with Crippen LogP contribution in [0.3, 0.4) is 0 Å². The van der Waals surface area contributed by atoms with Crippen LogP contribution in [0.5, 0.6) is 5.75 Å². The first kappa shape index (κ1) is 21.1. The van der Waals surface area contributed by atoms with Gasteiger partial charge in [-0.15, -0.1) is 0 Å². The van der Waals surface area contributed by atoms with Gasteiger partial charge in [0.25, 0.3) is 5.91 Å². The van der Waals surface area contributed by atoms with Gasteiger partial charge in [-0.2, -0.15) is 0 Å². The summed E-state index contributed by atoms with van der Waals surface area (Å²) in [6.07, 6.45) is 2.68. The highest BCUT2D eigenvalue weighted by atomic mass is 16.5. The van der Waals surface area contributed by atoms with E-state index < -0.39 is 0 Å². The molecule has 8 nitrogen and oxygen atoms in total. The molecular formula is C23H31N5O3. The van der Waals surface area contributed by atoms with E-state index >= 15 is 0 Å². The number of anilines is 1. The van der Waals surface area contributed by atoms with Gasteiger partial charge in [0.15, 0.2) is 11.7 Å². The Labute approximate surface area is 183 Å². The number of piperazine rings is 1. The number of aliphatic imine (C=N–C) groups is 1.